The lowest BCUT2D eigenvalue weighted by Gasteiger charge is -2.14. The summed E-state index contributed by atoms with van der Waals surface area (Å²) in [7, 11) is 0. The fourth-order valence-corrected chi connectivity index (χ4v) is 2.45. The van der Waals surface area contributed by atoms with Gasteiger partial charge >= 0.3 is 0 Å². The third kappa shape index (κ3) is 3.06. The molecule has 6 heteroatoms. The molecule has 1 amide bonds. The Morgan fingerprint density at radius 2 is 1.91 bits per heavy atom. The zero-order valence-electron chi connectivity index (χ0n) is 12.4. The zero-order valence-corrected chi connectivity index (χ0v) is 12.4. The highest BCUT2D eigenvalue weighted by atomic mass is 16.6. The number of nitro groups is 1. The quantitative estimate of drug-likeness (QED) is 0.570. The first-order valence-electron chi connectivity index (χ1n) is 7.17. The number of nitrogens with zero attached hydrogens (tertiary/aromatic N) is 1. The van der Waals surface area contributed by atoms with E-state index in [9.17, 15) is 14.9 Å². The van der Waals surface area contributed by atoms with Gasteiger partial charge in [-0.15, -0.1) is 0 Å². The molecular formula is C17H15N3O3. The van der Waals surface area contributed by atoms with Gasteiger partial charge in [-0.25, -0.2) is 0 Å². The van der Waals surface area contributed by atoms with E-state index in [1.54, 1.807) is 0 Å². The van der Waals surface area contributed by atoms with Crippen molar-refractivity contribution in [3.05, 3.63) is 76.1 Å². The molecule has 0 bridgehead atoms. The predicted molar refractivity (Wildman–Crippen MR) is 87.3 cm³/mol. The molecule has 0 aliphatic rings. The Morgan fingerprint density at radius 3 is 2.61 bits per heavy atom. The molecule has 0 saturated carbocycles. The first-order chi connectivity index (χ1) is 11.0. The van der Waals surface area contributed by atoms with Crippen LogP contribution in [-0.4, -0.2) is 15.8 Å². The van der Waals surface area contributed by atoms with E-state index in [1.807, 2.05) is 49.4 Å². The van der Waals surface area contributed by atoms with E-state index < -0.39 is 4.92 Å². The van der Waals surface area contributed by atoms with Gasteiger partial charge in [0.05, 0.1) is 17.2 Å². The minimum Gasteiger partial charge on any atom is -0.351 e. The molecule has 23 heavy (non-hydrogen) atoms. The molecule has 3 rings (SSSR count). The molecule has 0 aliphatic carbocycles. The third-order valence-electron chi connectivity index (χ3n) is 3.74. The molecule has 6 nitrogen and oxygen atoms in total. The second kappa shape index (κ2) is 5.92. The Labute approximate surface area is 132 Å². The average molecular weight is 309 g/mol. The average Bonchev–Trinajstić information content (AvgIpc) is 3.04. The van der Waals surface area contributed by atoms with Crippen molar-refractivity contribution < 1.29 is 9.72 Å². The van der Waals surface area contributed by atoms with Gasteiger partial charge < -0.3 is 10.3 Å². The number of carbonyl (C=O) groups excluding carboxylic acids is 1. The molecule has 1 aromatic heterocycles. The lowest BCUT2D eigenvalue weighted by molar-refractivity contribution is -0.384. The van der Waals surface area contributed by atoms with E-state index in [1.165, 1.54) is 12.3 Å². The maximum atomic E-state index is 12.2. The number of aromatic amines is 1. The number of H-pyrrole nitrogens is 1. The van der Waals surface area contributed by atoms with E-state index in [4.69, 9.17) is 0 Å². The molecule has 0 aliphatic heterocycles. The smallest absolute Gasteiger partial charge is 0.287 e. The van der Waals surface area contributed by atoms with Crippen molar-refractivity contribution in [2.75, 3.05) is 0 Å². The van der Waals surface area contributed by atoms with E-state index in [-0.39, 0.29) is 23.3 Å². The van der Waals surface area contributed by atoms with Gasteiger partial charge in [0, 0.05) is 6.07 Å². The van der Waals surface area contributed by atoms with Crippen molar-refractivity contribution in [2.24, 2.45) is 0 Å². The van der Waals surface area contributed by atoms with Gasteiger partial charge in [0.15, 0.2) is 0 Å². The van der Waals surface area contributed by atoms with Crippen LogP contribution in [0.4, 0.5) is 5.69 Å². The number of rotatable bonds is 4. The Morgan fingerprint density at radius 1 is 1.17 bits per heavy atom. The normalized spacial score (nSPS) is 12.0. The SMILES string of the molecule is CC(NC(=O)c1cc([N+](=O)[O-])c[nH]1)c1ccc2ccccc2c1. The number of amides is 1. The van der Waals surface area contributed by atoms with Crippen molar-refractivity contribution in [3.63, 3.8) is 0 Å². The molecule has 0 spiro atoms. The summed E-state index contributed by atoms with van der Waals surface area (Å²) in [6, 6.07) is 15.0. The number of benzene rings is 2. The first-order valence-corrected chi connectivity index (χ1v) is 7.17. The van der Waals surface area contributed by atoms with Crippen molar-refractivity contribution in [3.8, 4) is 0 Å². The lowest BCUT2D eigenvalue weighted by atomic mass is 10.0. The van der Waals surface area contributed by atoms with Gasteiger partial charge in [-0.2, -0.15) is 0 Å². The van der Waals surface area contributed by atoms with Crippen LogP contribution in [-0.2, 0) is 0 Å². The number of aromatic nitrogens is 1. The minimum absolute atomic E-state index is 0.131. The van der Waals surface area contributed by atoms with Crippen molar-refractivity contribution in [1.82, 2.24) is 10.3 Å². The van der Waals surface area contributed by atoms with Crippen LogP contribution in [0.1, 0.15) is 29.0 Å². The van der Waals surface area contributed by atoms with E-state index in [0.717, 1.165) is 16.3 Å². The summed E-state index contributed by atoms with van der Waals surface area (Å²) in [6.07, 6.45) is 1.20. The molecule has 2 N–H and O–H groups in total. The van der Waals surface area contributed by atoms with Crippen LogP contribution in [0.3, 0.4) is 0 Å². The fourth-order valence-electron chi connectivity index (χ4n) is 2.45. The highest BCUT2D eigenvalue weighted by Crippen LogP contribution is 2.21. The summed E-state index contributed by atoms with van der Waals surface area (Å²) < 4.78 is 0. The lowest BCUT2D eigenvalue weighted by Crippen LogP contribution is -2.26. The van der Waals surface area contributed by atoms with Crippen LogP contribution >= 0.6 is 0 Å². The summed E-state index contributed by atoms with van der Waals surface area (Å²) in [5.74, 6) is -0.376. The minimum atomic E-state index is -0.542. The largest absolute Gasteiger partial charge is 0.351 e. The maximum Gasteiger partial charge on any atom is 0.287 e. The topological polar surface area (TPSA) is 88.0 Å². The molecule has 0 radical (unpaired) electrons. The molecule has 1 unspecified atom stereocenters. The molecule has 3 aromatic rings. The first kappa shape index (κ1) is 14.8. The van der Waals surface area contributed by atoms with Gasteiger partial charge in [-0.05, 0) is 29.3 Å². The summed E-state index contributed by atoms with van der Waals surface area (Å²) >= 11 is 0. The van der Waals surface area contributed by atoms with Gasteiger partial charge in [0.2, 0.25) is 0 Å². The standard InChI is InChI=1S/C17H15N3O3/c1-11(13-7-6-12-4-2-3-5-14(12)8-13)19-17(21)16-9-15(10-18-16)20(22)23/h2-11,18H,1H3,(H,19,21). The highest BCUT2D eigenvalue weighted by molar-refractivity contribution is 5.93. The second-order valence-corrected chi connectivity index (χ2v) is 5.33. The maximum absolute atomic E-state index is 12.2. The molecular weight excluding hydrogens is 294 g/mol. The molecule has 0 saturated heterocycles. The highest BCUT2D eigenvalue weighted by Gasteiger charge is 2.16. The van der Waals surface area contributed by atoms with Gasteiger partial charge in [0.1, 0.15) is 5.69 Å². The van der Waals surface area contributed by atoms with Crippen molar-refractivity contribution in [1.29, 1.82) is 0 Å². The van der Waals surface area contributed by atoms with Gasteiger partial charge in [-0.3, -0.25) is 14.9 Å². The summed E-state index contributed by atoms with van der Waals surface area (Å²) in [5.41, 5.74) is 1.01. The Bertz CT molecular complexity index is 885. The zero-order chi connectivity index (χ0) is 16.4. The fraction of sp³-hybridized carbons (Fsp3) is 0.118. The number of nitrogens with one attached hydrogen (secondary N) is 2. The Balaban J connectivity index is 1.77. The van der Waals surface area contributed by atoms with Crippen LogP contribution in [0.2, 0.25) is 0 Å². The number of fused-ring (bicyclic) bond motifs is 1. The summed E-state index contributed by atoms with van der Waals surface area (Å²) in [5, 5.41) is 15.7. The Hall–Kier alpha value is -3.15. The van der Waals surface area contributed by atoms with E-state index in [0.29, 0.717) is 0 Å². The molecule has 1 atom stereocenters. The van der Waals surface area contributed by atoms with Crippen LogP contribution in [0.15, 0.2) is 54.7 Å². The van der Waals surface area contributed by atoms with E-state index >= 15 is 0 Å². The van der Waals surface area contributed by atoms with Gasteiger partial charge in [0.25, 0.3) is 11.6 Å². The third-order valence-corrected chi connectivity index (χ3v) is 3.74. The molecule has 2 aromatic carbocycles. The van der Waals surface area contributed by atoms with Gasteiger partial charge in [-0.1, -0.05) is 36.4 Å². The predicted octanol–water partition coefficient (Wildman–Crippen LogP) is 3.57. The molecule has 0 fully saturated rings. The molecule has 1 heterocycles. The number of hydrogen-bond donors (Lipinski definition) is 2. The van der Waals surface area contributed by atoms with Crippen molar-refractivity contribution in [2.45, 2.75) is 13.0 Å². The van der Waals surface area contributed by atoms with E-state index in [2.05, 4.69) is 10.3 Å². The Kier molecular flexibility index (Phi) is 3.80. The summed E-state index contributed by atoms with van der Waals surface area (Å²) in [4.78, 5) is 24.9. The monoisotopic (exact) mass is 309 g/mol. The molecule has 116 valence electrons. The second-order valence-electron chi connectivity index (χ2n) is 5.33. The van der Waals surface area contributed by atoms with Crippen LogP contribution in [0.5, 0.6) is 0 Å². The van der Waals surface area contributed by atoms with Crippen LogP contribution in [0, 0.1) is 10.1 Å². The van der Waals surface area contributed by atoms with Crippen LogP contribution < -0.4 is 5.32 Å². The number of carbonyl (C=O) groups is 1. The van der Waals surface area contributed by atoms with Crippen LogP contribution in [0.25, 0.3) is 10.8 Å². The van der Waals surface area contributed by atoms with Crippen molar-refractivity contribution >= 4 is 22.4 Å². The number of hydrogen-bond acceptors (Lipinski definition) is 3. The summed E-state index contributed by atoms with van der Waals surface area (Å²) in [6.45, 7) is 1.87.